The maximum atomic E-state index is 14.1. The first-order chi connectivity index (χ1) is 23.0. The number of hydrogen-bond acceptors (Lipinski definition) is 4. The van der Waals surface area contributed by atoms with Crippen LogP contribution in [0.15, 0.2) is 79.1 Å². The largest absolute Gasteiger partial charge is 0.350 e. The van der Waals surface area contributed by atoms with Crippen molar-refractivity contribution in [1.29, 1.82) is 0 Å². The molecule has 3 aromatic carbocycles. The molecular weight excluding hydrogens is 627 g/mol. The number of imidazole rings is 1. The Bertz CT molecular complexity index is 1840. The molecule has 7 nitrogen and oxygen atoms in total. The zero-order valence-corrected chi connectivity index (χ0v) is 28.4. The molecule has 2 aromatic heterocycles. The van der Waals surface area contributed by atoms with Crippen LogP contribution < -0.4 is 5.32 Å². The van der Waals surface area contributed by atoms with Crippen LogP contribution in [0.5, 0.6) is 0 Å². The summed E-state index contributed by atoms with van der Waals surface area (Å²) in [5.41, 5.74) is 5.80. The van der Waals surface area contributed by atoms with E-state index in [2.05, 4.69) is 49.8 Å². The standard InChI is InChI=1S/C38H42Cl2N6O/c1-26(28-11-8-12-29(39)23-28)46-25-42-35(27-9-4-2-5-10-27)37(46)34-32-16-15-30(40)24-33(32)43-36(34)38(47)41-17-18-44-19-21-45(22-20-44)31-13-6-3-7-14-31/h2,4-5,8-12,15-16,23-26,31,43H,3,6-7,13-14,17-22H2,1H3,(H,41,47)/t26-/m0/s1. The summed E-state index contributed by atoms with van der Waals surface area (Å²) in [6.07, 6.45) is 8.68. The zero-order chi connectivity index (χ0) is 32.3. The number of aromatic nitrogens is 3. The molecule has 0 radical (unpaired) electrons. The number of rotatable bonds is 9. The number of fused-ring (bicyclic) bond motifs is 1. The highest BCUT2D eigenvalue weighted by atomic mass is 35.5. The highest BCUT2D eigenvalue weighted by molar-refractivity contribution is 6.31. The van der Waals surface area contributed by atoms with Crippen LogP contribution in [0.25, 0.3) is 33.4 Å². The van der Waals surface area contributed by atoms with E-state index in [1.165, 1.54) is 32.1 Å². The number of nitrogens with one attached hydrogen (secondary N) is 2. The van der Waals surface area contributed by atoms with Crippen LogP contribution >= 0.6 is 23.2 Å². The molecule has 5 aromatic rings. The molecule has 9 heteroatoms. The third-order valence-electron chi connectivity index (χ3n) is 10.0. The molecule has 1 atom stereocenters. The van der Waals surface area contributed by atoms with Crippen molar-refractivity contribution >= 4 is 40.0 Å². The van der Waals surface area contributed by atoms with Crippen molar-refractivity contribution in [2.24, 2.45) is 0 Å². The fraction of sp³-hybridized carbons (Fsp3) is 0.368. The van der Waals surface area contributed by atoms with E-state index in [1.807, 2.05) is 60.9 Å². The second-order valence-electron chi connectivity index (χ2n) is 12.9. The minimum atomic E-state index is -0.143. The fourth-order valence-corrected chi connectivity index (χ4v) is 7.81. The molecule has 1 amide bonds. The summed E-state index contributed by atoms with van der Waals surface area (Å²) < 4.78 is 2.15. The Kier molecular flexibility index (Phi) is 9.68. The Morgan fingerprint density at radius 3 is 2.47 bits per heavy atom. The number of carbonyl (C=O) groups is 1. The van der Waals surface area contributed by atoms with Gasteiger partial charge in [-0.15, -0.1) is 0 Å². The van der Waals surface area contributed by atoms with Crippen LogP contribution in [-0.2, 0) is 0 Å². The maximum Gasteiger partial charge on any atom is 0.268 e. The second kappa shape index (κ2) is 14.2. The summed E-state index contributed by atoms with van der Waals surface area (Å²) in [6.45, 7) is 7.84. The number of benzene rings is 3. The van der Waals surface area contributed by atoms with Gasteiger partial charge < -0.3 is 14.9 Å². The lowest BCUT2D eigenvalue weighted by molar-refractivity contribution is 0.0776. The predicted octanol–water partition coefficient (Wildman–Crippen LogP) is 8.29. The van der Waals surface area contributed by atoms with E-state index in [1.54, 1.807) is 0 Å². The first-order valence-electron chi connectivity index (χ1n) is 16.9. The summed E-state index contributed by atoms with van der Waals surface area (Å²) in [7, 11) is 0. The molecule has 244 valence electrons. The van der Waals surface area contributed by atoms with E-state index < -0.39 is 0 Å². The Morgan fingerprint density at radius 2 is 1.70 bits per heavy atom. The van der Waals surface area contributed by atoms with Crippen molar-refractivity contribution < 1.29 is 4.79 Å². The van der Waals surface area contributed by atoms with Gasteiger partial charge in [-0.2, -0.15) is 0 Å². The third-order valence-corrected chi connectivity index (χ3v) is 10.5. The normalized spacial score (nSPS) is 17.3. The number of carbonyl (C=O) groups excluding carboxylic acids is 1. The highest BCUT2D eigenvalue weighted by Crippen LogP contribution is 2.41. The molecule has 1 saturated carbocycles. The molecule has 0 bridgehead atoms. The van der Waals surface area contributed by atoms with Gasteiger partial charge in [0.15, 0.2) is 0 Å². The molecule has 1 aliphatic carbocycles. The smallest absolute Gasteiger partial charge is 0.268 e. The van der Waals surface area contributed by atoms with E-state index >= 15 is 0 Å². The first-order valence-corrected chi connectivity index (χ1v) is 17.7. The number of H-pyrrole nitrogens is 1. The van der Waals surface area contributed by atoms with Gasteiger partial charge in [0.25, 0.3) is 5.91 Å². The lowest BCUT2D eigenvalue weighted by Gasteiger charge is -2.40. The minimum absolute atomic E-state index is 0.103. The molecule has 3 heterocycles. The monoisotopic (exact) mass is 668 g/mol. The van der Waals surface area contributed by atoms with Gasteiger partial charge in [0.1, 0.15) is 5.69 Å². The molecule has 2 aliphatic rings. The maximum absolute atomic E-state index is 14.1. The van der Waals surface area contributed by atoms with E-state index in [9.17, 15) is 4.79 Å². The van der Waals surface area contributed by atoms with E-state index in [0.29, 0.717) is 22.3 Å². The number of halogens is 2. The van der Waals surface area contributed by atoms with Crippen molar-refractivity contribution in [1.82, 2.24) is 29.7 Å². The van der Waals surface area contributed by atoms with E-state index in [-0.39, 0.29) is 11.9 Å². The SMILES string of the molecule is C[C@@H](c1cccc(Cl)c1)n1cnc(-c2ccccc2)c1-c1c(C(=O)NCCN2CCN(C3CCCCC3)CC2)[nH]c2cc(Cl)ccc12. The average Bonchev–Trinajstić information content (AvgIpc) is 3.70. The fourth-order valence-electron chi connectivity index (χ4n) is 7.44. The Morgan fingerprint density at radius 1 is 0.936 bits per heavy atom. The number of amides is 1. The third kappa shape index (κ3) is 6.86. The minimum Gasteiger partial charge on any atom is -0.350 e. The topological polar surface area (TPSA) is 69.2 Å². The lowest BCUT2D eigenvalue weighted by atomic mass is 9.94. The van der Waals surface area contributed by atoms with Crippen LogP contribution in [0.3, 0.4) is 0 Å². The van der Waals surface area contributed by atoms with Gasteiger partial charge >= 0.3 is 0 Å². The van der Waals surface area contributed by atoms with Gasteiger partial charge in [-0.3, -0.25) is 14.6 Å². The molecule has 2 N–H and O–H groups in total. The van der Waals surface area contributed by atoms with Crippen molar-refractivity contribution in [3.63, 3.8) is 0 Å². The number of aromatic amines is 1. The summed E-state index contributed by atoms with van der Waals surface area (Å²) in [5, 5.41) is 5.44. The van der Waals surface area contributed by atoms with Crippen molar-refractivity contribution in [2.45, 2.75) is 51.1 Å². The number of nitrogens with zero attached hydrogens (tertiary/aromatic N) is 4. The van der Waals surface area contributed by atoms with Gasteiger partial charge in [0.05, 0.1) is 23.8 Å². The van der Waals surface area contributed by atoms with Crippen LogP contribution in [0.2, 0.25) is 10.0 Å². The molecule has 0 spiro atoms. The summed E-state index contributed by atoms with van der Waals surface area (Å²) in [5.74, 6) is -0.143. The van der Waals surface area contributed by atoms with E-state index in [4.69, 9.17) is 28.2 Å². The van der Waals surface area contributed by atoms with E-state index in [0.717, 1.165) is 77.7 Å². The van der Waals surface area contributed by atoms with Gasteiger partial charge in [-0.25, -0.2) is 4.98 Å². The molecule has 7 rings (SSSR count). The second-order valence-corrected chi connectivity index (χ2v) is 13.8. The molecule has 1 saturated heterocycles. The zero-order valence-electron chi connectivity index (χ0n) is 26.9. The van der Waals surface area contributed by atoms with Gasteiger partial charge in [0, 0.05) is 77.4 Å². The molecule has 47 heavy (non-hydrogen) atoms. The van der Waals surface area contributed by atoms with Crippen molar-refractivity contribution in [3.05, 3.63) is 100 Å². The lowest BCUT2D eigenvalue weighted by Crippen LogP contribution is -2.52. The van der Waals surface area contributed by atoms with Crippen LogP contribution in [0.1, 0.15) is 61.1 Å². The summed E-state index contributed by atoms with van der Waals surface area (Å²) in [6, 6.07) is 24.4. The van der Waals surface area contributed by atoms with Crippen molar-refractivity contribution in [3.8, 4) is 22.5 Å². The molecule has 2 fully saturated rings. The first kappa shape index (κ1) is 32.0. The molecular formula is C38H42Cl2N6O. The number of hydrogen-bond donors (Lipinski definition) is 2. The van der Waals surface area contributed by atoms with Gasteiger partial charge in [-0.1, -0.05) is 91.0 Å². The summed E-state index contributed by atoms with van der Waals surface area (Å²) >= 11 is 12.9. The highest BCUT2D eigenvalue weighted by Gasteiger charge is 2.28. The Balaban J connectivity index is 1.19. The Hall–Kier alpha value is -3.62. The Labute approximate surface area is 286 Å². The average molecular weight is 670 g/mol. The predicted molar refractivity (Wildman–Crippen MR) is 192 cm³/mol. The van der Waals surface area contributed by atoms with Crippen LogP contribution in [-0.4, -0.2) is 75.6 Å². The van der Waals surface area contributed by atoms with Crippen LogP contribution in [0, 0.1) is 0 Å². The molecule has 1 aliphatic heterocycles. The van der Waals surface area contributed by atoms with Gasteiger partial charge in [-0.05, 0) is 49.6 Å². The molecule has 0 unspecified atom stereocenters. The van der Waals surface area contributed by atoms with Gasteiger partial charge in [0.2, 0.25) is 0 Å². The number of piperazine rings is 1. The summed E-state index contributed by atoms with van der Waals surface area (Å²) in [4.78, 5) is 27.7. The quantitative estimate of drug-likeness (QED) is 0.166. The van der Waals surface area contributed by atoms with Crippen LogP contribution in [0.4, 0.5) is 0 Å². The van der Waals surface area contributed by atoms with Crippen molar-refractivity contribution in [2.75, 3.05) is 39.3 Å².